The number of nitrogens with zero attached hydrogens (tertiary/aromatic N) is 3. The van der Waals surface area contributed by atoms with E-state index in [1.807, 2.05) is 37.5 Å². The van der Waals surface area contributed by atoms with Crippen LogP contribution in [0.1, 0.15) is 40.5 Å². The average molecular weight is 283 g/mol. The fraction of sp³-hybridized carbons (Fsp3) is 0.867. The molecule has 0 bridgehead atoms. The zero-order chi connectivity index (χ0) is 15.4. The van der Waals surface area contributed by atoms with Crippen LogP contribution in [0.5, 0.6) is 0 Å². The van der Waals surface area contributed by atoms with Gasteiger partial charge in [-0.2, -0.15) is 0 Å². The second-order valence-corrected chi connectivity index (χ2v) is 6.35. The van der Waals surface area contributed by atoms with Crippen LogP contribution in [0.15, 0.2) is 0 Å². The molecule has 1 aliphatic rings. The highest BCUT2D eigenvalue weighted by Crippen LogP contribution is 2.19. The minimum Gasteiger partial charge on any atom is -0.347 e. The monoisotopic (exact) mass is 283 g/mol. The molecule has 0 N–H and O–H groups in total. The van der Waals surface area contributed by atoms with Gasteiger partial charge >= 0.3 is 0 Å². The van der Waals surface area contributed by atoms with Crippen molar-refractivity contribution in [2.24, 2.45) is 0 Å². The lowest BCUT2D eigenvalue weighted by Crippen LogP contribution is -2.50. The number of carbonyl (C=O) groups is 2. The lowest BCUT2D eigenvalue weighted by molar-refractivity contribution is -0.139. The molecule has 0 aliphatic carbocycles. The van der Waals surface area contributed by atoms with Crippen LogP contribution in [0, 0.1) is 0 Å². The summed E-state index contributed by atoms with van der Waals surface area (Å²) in [6.45, 7) is 9.31. The van der Waals surface area contributed by atoms with E-state index in [0.717, 1.165) is 19.4 Å². The van der Waals surface area contributed by atoms with E-state index in [4.69, 9.17) is 0 Å². The number of carbonyl (C=O) groups excluding carboxylic acids is 2. The van der Waals surface area contributed by atoms with Crippen molar-refractivity contribution < 1.29 is 9.59 Å². The Morgan fingerprint density at radius 3 is 2.15 bits per heavy atom. The molecule has 0 saturated carbocycles. The lowest BCUT2D eigenvalue weighted by Gasteiger charge is -2.33. The van der Waals surface area contributed by atoms with E-state index < -0.39 is 0 Å². The van der Waals surface area contributed by atoms with Crippen LogP contribution < -0.4 is 0 Å². The van der Waals surface area contributed by atoms with Crippen molar-refractivity contribution in [1.82, 2.24) is 14.7 Å². The van der Waals surface area contributed by atoms with E-state index in [0.29, 0.717) is 6.54 Å². The Bertz CT molecular complexity index is 345. The molecule has 116 valence electrons. The van der Waals surface area contributed by atoms with Crippen molar-refractivity contribution in [2.75, 3.05) is 27.2 Å². The van der Waals surface area contributed by atoms with Crippen LogP contribution in [0.2, 0.25) is 0 Å². The summed E-state index contributed by atoms with van der Waals surface area (Å²) < 4.78 is 0. The molecule has 1 fully saturated rings. The predicted molar refractivity (Wildman–Crippen MR) is 80.4 cm³/mol. The Balaban J connectivity index is 2.71. The second-order valence-electron chi connectivity index (χ2n) is 6.35. The summed E-state index contributed by atoms with van der Waals surface area (Å²) in [6, 6.07) is 0.247. The normalized spacial score (nSPS) is 19.7. The summed E-state index contributed by atoms with van der Waals surface area (Å²) >= 11 is 0. The van der Waals surface area contributed by atoms with E-state index >= 15 is 0 Å². The smallest absolute Gasteiger partial charge is 0.239 e. The number of amides is 2. The summed E-state index contributed by atoms with van der Waals surface area (Å²) in [4.78, 5) is 30.2. The van der Waals surface area contributed by atoms with Gasteiger partial charge in [0.1, 0.15) is 0 Å². The van der Waals surface area contributed by atoms with Crippen molar-refractivity contribution in [3.8, 4) is 0 Å². The highest BCUT2D eigenvalue weighted by molar-refractivity contribution is 5.84. The first-order valence-electron chi connectivity index (χ1n) is 7.52. The standard InChI is InChI=1S/C15H29N3O2/c1-11(2)18(12(3)4)14(19)10-17-9-7-8-13(17)15(20)16(5)6/h11-13H,7-10H2,1-6H3. The highest BCUT2D eigenvalue weighted by atomic mass is 16.2. The summed E-state index contributed by atoms with van der Waals surface area (Å²) in [5.74, 6) is 0.226. The molecule has 1 saturated heterocycles. The third-order valence-electron chi connectivity index (χ3n) is 3.83. The van der Waals surface area contributed by atoms with Gasteiger partial charge in [-0.1, -0.05) is 0 Å². The molecule has 0 aromatic heterocycles. The van der Waals surface area contributed by atoms with Gasteiger partial charge in [-0.05, 0) is 47.1 Å². The molecule has 5 nitrogen and oxygen atoms in total. The molecule has 20 heavy (non-hydrogen) atoms. The first-order valence-corrected chi connectivity index (χ1v) is 7.52. The fourth-order valence-corrected chi connectivity index (χ4v) is 3.02. The topological polar surface area (TPSA) is 43.9 Å². The SMILES string of the molecule is CC(C)N(C(=O)CN1CCCC1C(=O)N(C)C)C(C)C. The number of hydrogen-bond acceptors (Lipinski definition) is 3. The number of hydrogen-bond donors (Lipinski definition) is 0. The minimum absolute atomic E-state index is 0.107. The molecule has 1 unspecified atom stereocenters. The Hall–Kier alpha value is -1.10. The summed E-state index contributed by atoms with van der Waals surface area (Å²) in [5, 5.41) is 0. The van der Waals surface area contributed by atoms with Gasteiger partial charge in [0.25, 0.3) is 0 Å². The maximum Gasteiger partial charge on any atom is 0.239 e. The predicted octanol–water partition coefficient (Wildman–Crippen LogP) is 1.18. The molecular formula is C15H29N3O2. The van der Waals surface area contributed by atoms with Crippen LogP contribution >= 0.6 is 0 Å². The van der Waals surface area contributed by atoms with E-state index in [2.05, 4.69) is 0 Å². The molecule has 1 aliphatic heterocycles. The Morgan fingerprint density at radius 2 is 1.70 bits per heavy atom. The second kappa shape index (κ2) is 7.07. The molecule has 5 heteroatoms. The van der Waals surface area contributed by atoms with Gasteiger partial charge in [-0.3, -0.25) is 14.5 Å². The van der Waals surface area contributed by atoms with Gasteiger partial charge in [-0.15, -0.1) is 0 Å². The van der Waals surface area contributed by atoms with E-state index in [1.54, 1.807) is 19.0 Å². The third kappa shape index (κ3) is 3.95. The third-order valence-corrected chi connectivity index (χ3v) is 3.83. The van der Waals surface area contributed by atoms with Gasteiger partial charge < -0.3 is 9.80 Å². The Labute approximate surface area is 122 Å². The van der Waals surface area contributed by atoms with Gasteiger partial charge in [0.2, 0.25) is 11.8 Å². The maximum absolute atomic E-state index is 12.5. The Kier molecular flexibility index (Phi) is 5.99. The van der Waals surface area contributed by atoms with Crippen LogP contribution in [0.25, 0.3) is 0 Å². The number of likely N-dealkylation sites (tertiary alicyclic amines) is 1. The quantitative estimate of drug-likeness (QED) is 0.761. The molecule has 1 rings (SSSR count). The number of likely N-dealkylation sites (N-methyl/N-ethyl adjacent to an activating group) is 1. The summed E-state index contributed by atoms with van der Waals surface area (Å²) in [7, 11) is 3.55. The van der Waals surface area contributed by atoms with Crippen LogP contribution in [-0.4, -0.2) is 71.8 Å². The van der Waals surface area contributed by atoms with E-state index in [1.165, 1.54) is 0 Å². The summed E-state index contributed by atoms with van der Waals surface area (Å²) in [5.41, 5.74) is 0. The van der Waals surface area contributed by atoms with Crippen molar-refractivity contribution in [1.29, 1.82) is 0 Å². The van der Waals surface area contributed by atoms with Crippen molar-refractivity contribution in [2.45, 2.75) is 58.7 Å². The van der Waals surface area contributed by atoms with Gasteiger partial charge in [0, 0.05) is 26.2 Å². The molecular weight excluding hydrogens is 254 g/mol. The largest absolute Gasteiger partial charge is 0.347 e. The molecule has 2 amide bonds. The van der Waals surface area contributed by atoms with Crippen LogP contribution in [0.3, 0.4) is 0 Å². The van der Waals surface area contributed by atoms with Crippen molar-refractivity contribution in [3.63, 3.8) is 0 Å². The van der Waals surface area contributed by atoms with Crippen molar-refractivity contribution >= 4 is 11.8 Å². The fourth-order valence-electron chi connectivity index (χ4n) is 3.02. The van der Waals surface area contributed by atoms with Gasteiger partial charge in [0.05, 0.1) is 12.6 Å². The van der Waals surface area contributed by atoms with Crippen LogP contribution in [-0.2, 0) is 9.59 Å². The average Bonchev–Trinajstić information content (AvgIpc) is 2.74. The lowest BCUT2D eigenvalue weighted by atomic mass is 10.2. The molecule has 0 aromatic rings. The van der Waals surface area contributed by atoms with E-state index in [-0.39, 0.29) is 29.9 Å². The maximum atomic E-state index is 12.5. The van der Waals surface area contributed by atoms with Gasteiger partial charge in [-0.25, -0.2) is 0 Å². The zero-order valence-corrected chi connectivity index (χ0v) is 13.7. The zero-order valence-electron chi connectivity index (χ0n) is 13.7. The van der Waals surface area contributed by atoms with Crippen LogP contribution in [0.4, 0.5) is 0 Å². The molecule has 1 heterocycles. The minimum atomic E-state index is -0.130. The molecule has 0 spiro atoms. The Morgan fingerprint density at radius 1 is 1.15 bits per heavy atom. The highest BCUT2D eigenvalue weighted by Gasteiger charge is 2.34. The summed E-state index contributed by atoms with van der Waals surface area (Å²) in [6.07, 6.45) is 1.84. The molecule has 1 atom stereocenters. The number of rotatable bonds is 5. The van der Waals surface area contributed by atoms with Crippen molar-refractivity contribution in [3.05, 3.63) is 0 Å². The molecule has 0 radical (unpaired) electrons. The van der Waals surface area contributed by atoms with Gasteiger partial charge in [0.15, 0.2) is 0 Å². The van der Waals surface area contributed by atoms with E-state index in [9.17, 15) is 9.59 Å². The molecule has 0 aromatic carbocycles. The first kappa shape index (κ1) is 17.0. The first-order chi connectivity index (χ1) is 9.25.